The lowest BCUT2D eigenvalue weighted by Gasteiger charge is -2.33. The number of rotatable bonds is 4. The molecular weight excluding hydrogens is 238 g/mol. The SMILES string of the molecule is CC(C)C(C)(CN)NC(=O)c1cc(F)ccc1F. The maximum Gasteiger partial charge on any atom is 0.254 e. The van der Waals surface area contributed by atoms with E-state index in [1.165, 1.54) is 0 Å². The molecule has 1 aromatic rings. The Labute approximate surface area is 105 Å². The summed E-state index contributed by atoms with van der Waals surface area (Å²) in [5, 5.41) is 2.66. The number of carbonyl (C=O) groups excluding carboxylic acids is 1. The third-order valence-electron chi connectivity index (χ3n) is 3.27. The van der Waals surface area contributed by atoms with Crippen molar-refractivity contribution in [3.8, 4) is 0 Å². The van der Waals surface area contributed by atoms with Gasteiger partial charge in [0, 0.05) is 6.54 Å². The maximum atomic E-state index is 13.4. The number of nitrogens with two attached hydrogens (primary N) is 1. The predicted molar refractivity (Wildman–Crippen MR) is 66.1 cm³/mol. The average molecular weight is 256 g/mol. The van der Waals surface area contributed by atoms with Gasteiger partial charge in [0.05, 0.1) is 11.1 Å². The fraction of sp³-hybridized carbons (Fsp3) is 0.462. The molecule has 0 saturated carbocycles. The normalized spacial score (nSPS) is 14.4. The van der Waals surface area contributed by atoms with Gasteiger partial charge in [0.2, 0.25) is 0 Å². The summed E-state index contributed by atoms with van der Waals surface area (Å²) in [4.78, 5) is 11.9. The maximum absolute atomic E-state index is 13.4. The second-order valence-electron chi connectivity index (χ2n) is 4.85. The van der Waals surface area contributed by atoms with Crippen LogP contribution in [0.1, 0.15) is 31.1 Å². The van der Waals surface area contributed by atoms with Gasteiger partial charge in [0.15, 0.2) is 0 Å². The molecule has 1 rings (SSSR count). The van der Waals surface area contributed by atoms with Gasteiger partial charge in [0.1, 0.15) is 11.6 Å². The van der Waals surface area contributed by atoms with Crippen LogP contribution in [0.2, 0.25) is 0 Å². The first-order chi connectivity index (χ1) is 8.30. The number of halogens is 2. The minimum atomic E-state index is -0.753. The minimum Gasteiger partial charge on any atom is -0.345 e. The van der Waals surface area contributed by atoms with Gasteiger partial charge in [0.25, 0.3) is 5.91 Å². The fourth-order valence-electron chi connectivity index (χ4n) is 1.43. The van der Waals surface area contributed by atoms with Crippen LogP contribution in [0.5, 0.6) is 0 Å². The summed E-state index contributed by atoms with van der Waals surface area (Å²) in [6, 6.07) is 2.78. The molecule has 1 atom stereocenters. The van der Waals surface area contributed by atoms with E-state index in [0.717, 1.165) is 18.2 Å². The summed E-state index contributed by atoms with van der Waals surface area (Å²) in [5.41, 5.74) is 4.65. The number of amides is 1. The van der Waals surface area contributed by atoms with Crippen LogP contribution in [-0.4, -0.2) is 18.0 Å². The molecule has 5 heteroatoms. The second kappa shape index (κ2) is 5.44. The summed E-state index contributed by atoms with van der Waals surface area (Å²) < 4.78 is 26.5. The lowest BCUT2D eigenvalue weighted by Crippen LogP contribution is -2.55. The van der Waals surface area contributed by atoms with Gasteiger partial charge in [-0.2, -0.15) is 0 Å². The van der Waals surface area contributed by atoms with Gasteiger partial charge in [-0.1, -0.05) is 13.8 Å². The Morgan fingerprint density at radius 1 is 1.44 bits per heavy atom. The largest absolute Gasteiger partial charge is 0.345 e. The van der Waals surface area contributed by atoms with Crippen molar-refractivity contribution in [3.63, 3.8) is 0 Å². The Balaban J connectivity index is 2.98. The van der Waals surface area contributed by atoms with Crippen LogP contribution in [0.4, 0.5) is 8.78 Å². The van der Waals surface area contributed by atoms with E-state index in [2.05, 4.69) is 5.32 Å². The molecule has 18 heavy (non-hydrogen) atoms. The number of nitrogens with one attached hydrogen (secondary N) is 1. The van der Waals surface area contributed by atoms with Gasteiger partial charge in [-0.05, 0) is 31.0 Å². The van der Waals surface area contributed by atoms with Crippen molar-refractivity contribution in [1.82, 2.24) is 5.32 Å². The number of benzene rings is 1. The Kier molecular flexibility index (Phi) is 4.40. The van der Waals surface area contributed by atoms with Crippen molar-refractivity contribution in [3.05, 3.63) is 35.4 Å². The van der Waals surface area contributed by atoms with Crippen LogP contribution < -0.4 is 11.1 Å². The molecule has 0 aliphatic rings. The highest BCUT2D eigenvalue weighted by atomic mass is 19.1. The van der Waals surface area contributed by atoms with Gasteiger partial charge in [-0.3, -0.25) is 4.79 Å². The molecule has 3 N–H and O–H groups in total. The Morgan fingerprint density at radius 2 is 2.06 bits per heavy atom. The number of hydrogen-bond donors (Lipinski definition) is 2. The lowest BCUT2D eigenvalue weighted by molar-refractivity contribution is 0.0878. The monoisotopic (exact) mass is 256 g/mol. The summed E-state index contributed by atoms with van der Waals surface area (Å²) in [6.07, 6.45) is 0. The molecule has 0 bridgehead atoms. The average Bonchev–Trinajstić information content (AvgIpc) is 2.31. The smallest absolute Gasteiger partial charge is 0.254 e. The van der Waals surface area contributed by atoms with Gasteiger partial charge < -0.3 is 11.1 Å². The Bertz CT molecular complexity index is 449. The van der Waals surface area contributed by atoms with Crippen molar-refractivity contribution in [2.45, 2.75) is 26.3 Å². The van der Waals surface area contributed by atoms with Crippen molar-refractivity contribution in [2.24, 2.45) is 11.7 Å². The van der Waals surface area contributed by atoms with Crippen LogP contribution >= 0.6 is 0 Å². The quantitative estimate of drug-likeness (QED) is 0.866. The zero-order valence-corrected chi connectivity index (χ0v) is 10.8. The summed E-state index contributed by atoms with van der Waals surface area (Å²) in [6.45, 7) is 5.78. The van der Waals surface area contributed by atoms with Crippen LogP contribution in [0.15, 0.2) is 18.2 Å². The fourth-order valence-corrected chi connectivity index (χ4v) is 1.43. The highest BCUT2D eigenvalue weighted by molar-refractivity contribution is 5.95. The highest BCUT2D eigenvalue weighted by Crippen LogP contribution is 2.17. The van der Waals surface area contributed by atoms with Crippen LogP contribution in [0, 0.1) is 17.6 Å². The second-order valence-corrected chi connectivity index (χ2v) is 4.85. The topological polar surface area (TPSA) is 55.1 Å². The van der Waals surface area contributed by atoms with Crippen molar-refractivity contribution in [2.75, 3.05) is 6.54 Å². The first-order valence-electron chi connectivity index (χ1n) is 5.78. The first-order valence-corrected chi connectivity index (χ1v) is 5.78. The van der Waals surface area contributed by atoms with E-state index in [1.807, 2.05) is 13.8 Å². The molecule has 0 heterocycles. The highest BCUT2D eigenvalue weighted by Gasteiger charge is 2.29. The molecule has 1 unspecified atom stereocenters. The molecule has 3 nitrogen and oxygen atoms in total. The van der Waals surface area contributed by atoms with Crippen molar-refractivity contribution in [1.29, 1.82) is 0 Å². The number of hydrogen-bond acceptors (Lipinski definition) is 2. The van der Waals surface area contributed by atoms with Gasteiger partial charge >= 0.3 is 0 Å². The van der Waals surface area contributed by atoms with E-state index in [0.29, 0.717) is 0 Å². The van der Waals surface area contributed by atoms with E-state index in [9.17, 15) is 13.6 Å². The number of carbonyl (C=O) groups is 1. The molecule has 0 aliphatic heterocycles. The van der Waals surface area contributed by atoms with Crippen LogP contribution in [0.3, 0.4) is 0 Å². The predicted octanol–water partition coefficient (Wildman–Crippen LogP) is 2.07. The third kappa shape index (κ3) is 3.04. The van der Waals surface area contributed by atoms with E-state index in [1.54, 1.807) is 6.92 Å². The Hall–Kier alpha value is -1.49. The van der Waals surface area contributed by atoms with E-state index in [-0.39, 0.29) is 18.0 Å². The molecule has 0 radical (unpaired) electrons. The van der Waals surface area contributed by atoms with Crippen molar-refractivity contribution >= 4 is 5.91 Å². The molecule has 1 amide bonds. The first kappa shape index (κ1) is 14.6. The van der Waals surface area contributed by atoms with E-state index >= 15 is 0 Å². The van der Waals surface area contributed by atoms with Crippen molar-refractivity contribution < 1.29 is 13.6 Å². The Morgan fingerprint density at radius 3 is 2.56 bits per heavy atom. The molecule has 0 aromatic heterocycles. The molecule has 0 fully saturated rings. The summed E-state index contributed by atoms with van der Waals surface area (Å²) in [5.74, 6) is -1.99. The molecule has 1 aromatic carbocycles. The van der Waals surface area contributed by atoms with Crippen LogP contribution in [0.25, 0.3) is 0 Å². The molecule has 0 saturated heterocycles. The van der Waals surface area contributed by atoms with Gasteiger partial charge in [-0.15, -0.1) is 0 Å². The summed E-state index contributed by atoms with van der Waals surface area (Å²) in [7, 11) is 0. The minimum absolute atomic E-state index is 0.0723. The molecule has 0 aliphatic carbocycles. The third-order valence-corrected chi connectivity index (χ3v) is 3.27. The zero-order valence-electron chi connectivity index (χ0n) is 10.8. The zero-order chi connectivity index (χ0) is 13.9. The molecular formula is C13H18F2N2O. The van der Waals surface area contributed by atoms with Crippen LogP contribution in [-0.2, 0) is 0 Å². The molecule has 100 valence electrons. The van der Waals surface area contributed by atoms with E-state index < -0.39 is 23.1 Å². The van der Waals surface area contributed by atoms with Gasteiger partial charge in [-0.25, -0.2) is 8.78 Å². The van der Waals surface area contributed by atoms with E-state index in [4.69, 9.17) is 5.73 Å². The summed E-state index contributed by atoms with van der Waals surface area (Å²) >= 11 is 0. The lowest BCUT2D eigenvalue weighted by atomic mass is 9.88. The molecule has 0 spiro atoms. The standard InChI is InChI=1S/C13H18F2N2O/c1-8(2)13(3,7-16)17-12(18)10-6-9(14)4-5-11(10)15/h4-6,8H,7,16H2,1-3H3,(H,17,18).